The van der Waals surface area contributed by atoms with Gasteiger partial charge in [-0.2, -0.15) is 0 Å². The second-order valence-electron chi connectivity index (χ2n) is 5.06. The Bertz CT molecular complexity index is 423. The van der Waals surface area contributed by atoms with Gasteiger partial charge in [-0.15, -0.1) is 0 Å². The molecule has 1 aromatic rings. The summed E-state index contributed by atoms with van der Waals surface area (Å²) in [6.45, 7) is 7.77. The van der Waals surface area contributed by atoms with Gasteiger partial charge in [-0.25, -0.2) is 0 Å². The number of rotatable bonds is 3. The highest BCUT2D eigenvalue weighted by atomic mass is 16.2. The standard InChI is InChI=1S/C15H22N2O/c1-12-3-4-13(2)14(11-12)5-6-15(18)17-9-7-16-8-10-17/h3-4,11,16H,5-10H2,1-2H3. The molecule has 1 fully saturated rings. The van der Waals surface area contributed by atoms with Crippen LogP contribution in [0.2, 0.25) is 0 Å². The first-order valence-corrected chi connectivity index (χ1v) is 6.71. The first-order valence-electron chi connectivity index (χ1n) is 6.71. The molecule has 3 nitrogen and oxygen atoms in total. The van der Waals surface area contributed by atoms with Crippen molar-refractivity contribution >= 4 is 5.91 Å². The van der Waals surface area contributed by atoms with Crippen LogP contribution in [0.4, 0.5) is 0 Å². The summed E-state index contributed by atoms with van der Waals surface area (Å²) >= 11 is 0. The topological polar surface area (TPSA) is 32.3 Å². The minimum Gasteiger partial charge on any atom is -0.340 e. The lowest BCUT2D eigenvalue weighted by atomic mass is 10.0. The molecule has 98 valence electrons. The molecule has 18 heavy (non-hydrogen) atoms. The Kier molecular flexibility index (Phi) is 4.37. The summed E-state index contributed by atoms with van der Waals surface area (Å²) in [7, 11) is 0. The fraction of sp³-hybridized carbons (Fsp3) is 0.533. The molecule has 3 heteroatoms. The smallest absolute Gasteiger partial charge is 0.222 e. The summed E-state index contributed by atoms with van der Waals surface area (Å²) in [6.07, 6.45) is 1.49. The van der Waals surface area contributed by atoms with Crippen LogP contribution in [0.3, 0.4) is 0 Å². The zero-order chi connectivity index (χ0) is 13.0. The molecule has 0 saturated carbocycles. The zero-order valence-electron chi connectivity index (χ0n) is 11.3. The van der Waals surface area contributed by atoms with E-state index in [1.807, 2.05) is 4.90 Å². The number of carbonyl (C=O) groups is 1. The van der Waals surface area contributed by atoms with Gasteiger partial charge in [-0.3, -0.25) is 4.79 Å². The minimum absolute atomic E-state index is 0.289. The van der Waals surface area contributed by atoms with E-state index in [4.69, 9.17) is 0 Å². The van der Waals surface area contributed by atoms with Crippen LogP contribution in [-0.4, -0.2) is 37.0 Å². The van der Waals surface area contributed by atoms with Gasteiger partial charge in [0.05, 0.1) is 0 Å². The fourth-order valence-electron chi connectivity index (χ4n) is 2.38. The average Bonchev–Trinajstić information content (AvgIpc) is 2.40. The van der Waals surface area contributed by atoms with Crippen LogP contribution in [0, 0.1) is 13.8 Å². The van der Waals surface area contributed by atoms with Crippen molar-refractivity contribution in [2.45, 2.75) is 26.7 Å². The first-order chi connectivity index (χ1) is 8.66. The summed E-state index contributed by atoms with van der Waals surface area (Å²) in [5, 5.41) is 3.27. The van der Waals surface area contributed by atoms with Crippen molar-refractivity contribution in [3.8, 4) is 0 Å². The molecule has 1 heterocycles. The normalized spacial score (nSPS) is 15.8. The van der Waals surface area contributed by atoms with E-state index in [0.717, 1.165) is 32.6 Å². The molecule has 1 saturated heterocycles. The number of hydrogen-bond donors (Lipinski definition) is 1. The Hall–Kier alpha value is -1.35. The van der Waals surface area contributed by atoms with Gasteiger partial charge in [-0.1, -0.05) is 23.8 Å². The Morgan fingerprint density at radius 2 is 2.00 bits per heavy atom. The molecular weight excluding hydrogens is 224 g/mol. The van der Waals surface area contributed by atoms with Crippen LogP contribution in [0.25, 0.3) is 0 Å². The van der Waals surface area contributed by atoms with Gasteiger partial charge >= 0.3 is 0 Å². The SMILES string of the molecule is Cc1ccc(C)c(CCC(=O)N2CCNCC2)c1. The third kappa shape index (κ3) is 3.33. The molecule has 0 spiro atoms. The predicted octanol–water partition coefficient (Wildman–Crippen LogP) is 1.67. The van der Waals surface area contributed by atoms with Crippen molar-refractivity contribution in [3.05, 3.63) is 34.9 Å². The Morgan fingerprint density at radius 3 is 2.72 bits per heavy atom. The third-order valence-corrected chi connectivity index (χ3v) is 3.58. The molecule has 0 radical (unpaired) electrons. The molecule has 1 amide bonds. The number of nitrogens with one attached hydrogen (secondary N) is 1. The van der Waals surface area contributed by atoms with Crippen molar-refractivity contribution in [3.63, 3.8) is 0 Å². The molecule has 2 rings (SSSR count). The Balaban J connectivity index is 1.90. The lowest BCUT2D eigenvalue weighted by Crippen LogP contribution is -2.46. The average molecular weight is 246 g/mol. The maximum atomic E-state index is 12.1. The lowest BCUT2D eigenvalue weighted by molar-refractivity contribution is -0.131. The van der Waals surface area contributed by atoms with Crippen LogP contribution in [-0.2, 0) is 11.2 Å². The van der Waals surface area contributed by atoms with Gasteiger partial charge in [0.15, 0.2) is 0 Å². The van der Waals surface area contributed by atoms with E-state index in [-0.39, 0.29) is 5.91 Å². The van der Waals surface area contributed by atoms with Gasteiger partial charge in [0.1, 0.15) is 0 Å². The molecule has 0 atom stereocenters. The second kappa shape index (κ2) is 6.01. The van der Waals surface area contributed by atoms with Crippen molar-refractivity contribution in [2.24, 2.45) is 0 Å². The summed E-state index contributed by atoms with van der Waals surface area (Å²) in [6, 6.07) is 6.46. The van der Waals surface area contributed by atoms with Gasteiger partial charge in [0.25, 0.3) is 0 Å². The van der Waals surface area contributed by atoms with Gasteiger partial charge in [-0.05, 0) is 31.4 Å². The zero-order valence-corrected chi connectivity index (χ0v) is 11.3. The molecular formula is C15H22N2O. The summed E-state index contributed by atoms with van der Waals surface area (Å²) < 4.78 is 0. The van der Waals surface area contributed by atoms with Crippen LogP contribution >= 0.6 is 0 Å². The van der Waals surface area contributed by atoms with Crippen molar-refractivity contribution in [1.29, 1.82) is 0 Å². The molecule has 0 bridgehead atoms. The Labute approximate surface area is 109 Å². The van der Waals surface area contributed by atoms with Crippen LogP contribution in [0.5, 0.6) is 0 Å². The van der Waals surface area contributed by atoms with E-state index in [9.17, 15) is 4.79 Å². The van der Waals surface area contributed by atoms with E-state index >= 15 is 0 Å². The fourth-order valence-corrected chi connectivity index (χ4v) is 2.38. The largest absolute Gasteiger partial charge is 0.340 e. The molecule has 0 aromatic heterocycles. The number of aryl methyl sites for hydroxylation is 3. The van der Waals surface area contributed by atoms with E-state index in [1.165, 1.54) is 16.7 Å². The highest BCUT2D eigenvalue weighted by Crippen LogP contribution is 2.13. The van der Waals surface area contributed by atoms with Crippen LogP contribution in [0.1, 0.15) is 23.1 Å². The lowest BCUT2D eigenvalue weighted by Gasteiger charge is -2.27. The number of amides is 1. The maximum Gasteiger partial charge on any atom is 0.222 e. The van der Waals surface area contributed by atoms with Crippen molar-refractivity contribution in [1.82, 2.24) is 10.2 Å². The monoisotopic (exact) mass is 246 g/mol. The summed E-state index contributed by atoms with van der Waals surface area (Å²) in [5.74, 6) is 0.289. The van der Waals surface area contributed by atoms with Gasteiger partial charge in [0, 0.05) is 32.6 Å². The molecule has 1 aliphatic heterocycles. The van der Waals surface area contributed by atoms with E-state index in [1.54, 1.807) is 0 Å². The van der Waals surface area contributed by atoms with Crippen molar-refractivity contribution in [2.75, 3.05) is 26.2 Å². The first kappa shape index (κ1) is 13.1. The van der Waals surface area contributed by atoms with Gasteiger partial charge in [0.2, 0.25) is 5.91 Å². The third-order valence-electron chi connectivity index (χ3n) is 3.58. The number of benzene rings is 1. The van der Waals surface area contributed by atoms with Crippen LogP contribution in [0.15, 0.2) is 18.2 Å². The summed E-state index contributed by atoms with van der Waals surface area (Å²) in [4.78, 5) is 14.0. The maximum absolute atomic E-state index is 12.1. The van der Waals surface area contributed by atoms with E-state index in [0.29, 0.717) is 6.42 Å². The number of carbonyl (C=O) groups excluding carboxylic acids is 1. The van der Waals surface area contributed by atoms with E-state index in [2.05, 4.69) is 37.4 Å². The molecule has 0 unspecified atom stereocenters. The minimum atomic E-state index is 0.289. The number of piperazine rings is 1. The van der Waals surface area contributed by atoms with Gasteiger partial charge < -0.3 is 10.2 Å². The predicted molar refractivity (Wildman–Crippen MR) is 73.7 cm³/mol. The molecule has 1 aliphatic rings. The Morgan fingerprint density at radius 1 is 1.28 bits per heavy atom. The summed E-state index contributed by atoms with van der Waals surface area (Å²) in [5.41, 5.74) is 3.86. The highest BCUT2D eigenvalue weighted by Gasteiger charge is 2.15. The molecule has 1 aromatic carbocycles. The second-order valence-corrected chi connectivity index (χ2v) is 5.06. The van der Waals surface area contributed by atoms with Crippen molar-refractivity contribution < 1.29 is 4.79 Å². The van der Waals surface area contributed by atoms with E-state index < -0.39 is 0 Å². The number of hydrogen-bond acceptors (Lipinski definition) is 2. The molecule has 1 N–H and O–H groups in total. The highest BCUT2D eigenvalue weighted by molar-refractivity contribution is 5.76. The quantitative estimate of drug-likeness (QED) is 0.880. The van der Waals surface area contributed by atoms with Crippen LogP contribution < -0.4 is 5.32 Å². The molecule has 0 aliphatic carbocycles. The number of nitrogens with zero attached hydrogens (tertiary/aromatic N) is 1.